The molecule has 0 atom stereocenters. The number of aromatic nitrogens is 4. The molecule has 2 aromatic heterocycles. The Bertz CT molecular complexity index is 769. The van der Waals surface area contributed by atoms with Gasteiger partial charge in [-0.25, -0.2) is 9.78 Å². The number of nitrogens with zero attached hydrogens (tertiary/aromatic N) is 4. The van der Waals surface area contributed by atoms with Crippen molar-refractivity contribution >= 4 is 11.2 Å². The normalized spacial score (nSPS) is 11.5. The van der Waals surface area contributed by atoms with Crippen LogP contribution in [0.15, 0.2) is 9.59 Å². The minimum absolute atomic E-state index is 0.261. The fourth-order valence-corrected chi connectivity index (χ4v) is 2.75. The summed E-state index contributed by atoms with van der Waals surface area (Å²) in [6.07, 6.45) is 2.46. The quantitative estimate of drug-likeness (QED) is 0.821. The number of unbranched alkanes of at least 4 members (excludes halogenated alkanes) is 1. The summed E-state index contributed by atoms with van der Waals surface area (Å²) in [5.41, 5.74) is 6.02. The summed E-state index contributed by atoms with van der Waals surface area (Å²) in [7, 11) is 0. The summed E-state index contributed by atoms with van der Waals surface area (Å²) in [6.45, 7) is 7.94. The van der Waals surface area contributed by atoms with E-state index in [2.05, 4.69) is 11.9 Å². The molecule has 122 valence electrons. The van der Waals surface area contributed by atoms with Crippen molar-refractivity contribution in [2.24, 2.45) is 5.73 Å². The molecule has 7 heteroatoms. The van der Waals surface area contributed by atoms with Crippen LogP contribution in [-0.2, 0) is 19.6 Å². The first-order chi connectivity index (χ1) is 10.6. The van der Waals surface area contributed by atoms with E-state index < -0.39 is 0 Å². The Morgan fingerprint density at radius 3 is 2.32 bits per heavy atom. The van der Waals surface area contributed by atoms with Gasteiger partial charge in [0.2, 0.25) is 0 Å². The molecule has 0 amide bonds. The van der Waals surface area contributed by atoms with E-state index in [4.69, 9.17) is 5.73 Å². The van der Waals surface area contributed by atoms with E-state index in [1.165, 1.54) is 4.57 Å². The Hall–Kier alpha value is -1.89. The summed E-state index contributed by atoms with van der Waals surface area (Å²) < 4.78 is 4.81. The lowest BCUT2D eigenvalue weighted by Crippen LogP contribution is -2.41. The minimum Gasteiger partial charge on any atom is -0.330 e. The third-order valence-electron chi connectivity index (χ3n) is 3.94. The second-order valence-corrected chi connectivity index (χ2v) is 5.46. The van der Waals surface area contributed by atoms with Gasteiger partial charge in [0.25, 0.3) is 5.56 Å². The third-order valence-corrected chi connectivity index (χ3v) is 3.94. The predicted octanol–water partition coefficient (Wildman–Crippen LogP) is 0.837. The maximum absolute atomic E-state index is 12.7. The topological polar surface area (TPSA) is 87.8 Å². The van der Waals surface area contributed by atoms with Crippen LogP contribution in [0.3, 0.4) is 0 Å². The molecule has 7 nitrogen and oxygen atoms in total. The maximum Gasteiger partial charge on any atom is 0.332 e. The van der Waals surface area contributed by atoms with Gasteiger partial charge in [0.1, 0.15) is 5.82 Å². The third kappa shape index (κ3) is 2.72. The maximum atomic E-state index is 12.7. The zero-order valence-electron chi connectivity index (χ0n) is 13.6. The summed E-state index contributed by atoms with van der Waals surface area (Å²) in [5.74, 6) is 0.760. The SMILES string of the molecule is CCCCn1c(=O)n(CCCN)c(=O)c2c1nc(C)n2CC. The van der Waals surface area contributed by atoms with Crippen molar-refractivity contribution in [3.05, 3.63) is 26.7 Å². The Morgan fingerprint density at radius 2 is 1.73 bits per heavy atom. The fraction of sp³-hybridized carbons (Fsp3) is 0.667. The standard InChI is InChI=1S/C15H25N5O2/c1-4-6-9-19-13-12(18(5-2)11(3)17-13)14(21)20(15(19)22)10-7-8-16/h4-10,16H2,1-3H3. The van der Waals surface area contributed by atoms with Crippen LogP contribution in [0.2, 0.25) is 0 Å². The number of hydrogen-bond donors (Lipinski definition) is 1. The van der Waals surface area contributed by atoms with Gasteiger partial charge in [-0.15, -0.1) is 0 Å². The Balaban J connectivity index is 2.79. The number of aryl methyl sites for hydroxylation is 3. The van der Waals surface area contributed by atoms with Gasteiger partial charge in [0.05, 0.1) is 0 Å². The molecule has 2 aromatic rings. The molecule has 22 heavy (non-hydrogen) atoms. The molecule has 2 heterocycles. The number of imidazole rings is 1. The van der Waals surface area contributed by atoms with Gasteiger partial charge in [-0.05, 0) is 33.2 Å². The first-order valence-corrected chi connectivity index (χ1v) is 7.97. The van der Waals surface area contributed by atoms with Gasteiger partial charge in [0.15, 0.2) is 11.2 Å². The summed E-state index contributed by atoms with van der Waals surface area (Å²) in [5, 5.41) is 0. The monoisotopic (exact) mass is 307 g/mol. The van der Waals surface area contributed by atoms with Crippen molar-refractivity contribution in [3.8, 4) is 0 Å². The zero-order valence-corrected chi connectivity index (χ0v) is 13.6. The Labute approximate surface area is 129 Å². The molecule has 0 saturated carbocycles. The van der Waals surface area contributed by atoms with Crippen LogP contribution in [0.1, 0.15) is 38.9 Å². The van der Waals surface area contributed by atoms with Crippen molar-refractivity contribution in [1.82, 2.24) is 18.7 Å². The lowest BCUT2D eigenvalue weighted by molar-refractivity contribution is 0.535. The van der Waals surface area contributed by atoms with E-state index in [-0.39, 0.29) is 11.2 Å². The first kappa shape index (κ1) is 16.5. The number of nitrogens with two attached hydrogens (primary N) is 1. The molecular weight excluding hydrogens is 282 g/mol. The minimum atomic E-state index is -0.278. The Kier molecular flexibility index (Phi) is 5.18. The van der Waals surface area contributed by atoms with Crippen LogP contribution >= 0.6 is 0 Å². The second-order valence-electron chi connectivity index (χ2n) is 5.46. The molecular formula is C15H25N5O2. The summed E-state index contributed by atoms with van der Waals surface area (Å²) in [4.78, 5) is 29.9. The van der Waals surface area contributed by atoms with Crippen LogP contribution in [0.25, 0.3) is 11.2 Å². The first-order valence-electron chi connectivity index (χ1n) is 7.97. The molecule has 2 rings (SSSR count). The molecule has 0 radical (unpaired) electrons. The fourth-order valence-electron chi connectivity index (χ4n) is 2.75. The molecule has 0 spiro atoms. The molecule has 0 aliphatic carbocycles. The number of fused-ring (bicyclic) bond motifs is 1. The predicted molar refractivity (Wildman–Crippen MR) is 87.2 cm³/mol. The van der Waals surface area contributed by atoms with E-state index >= 15 is 0 Å². The van der Waals surface area contributed by atoms with Gasteiger partial charge in [-0.2, -0.15) is 0 Å². The van der Waals surface area contributed by atoms with Gasteiger partial charge < -0.3 is 10.3 Å². The van der Waals surface area contributed by atoms with Crippen LogP contribution in [0.4, 0.5) is 0 Å². The highest BCUT2D eigenvalue weighted by Crippen LogP contribution is 2.11. The number of rotatable bonds is 7. The molecule has 0 saturated heterocycles. The number of hydrogen-bond acceptors (Lipinski definition) is 4. The summed E-state index contributed by atoms with van der Waals surface area (Å²) >= 11 is 0. The lowest BCUT2D eigenvalue weighted by Gasteiger charge is -2.11. The van der Waals surface area contributed by atoms with Gasteiger partial charge >= 0.3 is 5.69 Å². The molecule has 0 unspecified atom stereocenters. The molecule has 0 aliphatic heterocycles. The zero-order chi connectivity index (χ0) is 16.3. The van der Waals surface area contributed by atoms with E-state index in [0.717, 1.165) is 18.7 Å². The van der Waals surface area contributed by atoms with Crippen LogP contribution < -0.4 is 17.0 Å². The largest absolute Gasteiger partial charge is 0.332 e. The molecule has 0 aliphatic rings. The second kappa shape index (κ2) is 6.91. The molecule has 0 bridgehead atoms. The average molecular weight is 307 g/mol. The molecule has 2 N–H and O–H groups in total. The van der Waals surface area contributed by atoms with Crippen molar-refractivity contribution in [1.29, 1.82) is 0 Å². The molecule has 0 aromatic carbocycles. The van der Waals surface area contributed by atoms with E-state index in [9.17, 15) is 9.59 Å². The van der Waals surface area contributed by atoms with Gasteiger partial charge in [-0.3, -0.25) is 13.9 Å². The Morgan fingerprint density at radius 1 is 1.05 bits per heavy atom. The highest BCUT2D eigenvalue weighted by Gasteiger charge is 2.18. The highest BCUT2D eigenvalue weighted by molar-refractivity contribution is 5.71. The smallest absolute Gasteiger partial charge is 0.330 e. The van der Waals surface area contributed by atoms with Crippen molar-refractivity contribution in [3.63, 3.8) is 0 Å². The van der Waals surface area contributed by atoms with Crippen molar-refractivity contribution in [2.45, 2.75) is 59.7 Å². The average Bonchev–Trinajstić information content (AvgIpc) is 2.83. The van der Waals surface area contributed by atoms with Gasteiger partial charge in [0, 0.05) is 19.6 Å². The van der Waals surface area contributed by atoms with Gasteiger partial charge in [-0.1, -0.05) is 13.3 Å². The van der Waals surface area contributed by atoms with E-state index in [1.54, 1.807) is 4.57 Å². The summed E-state index contributed by atoms with van der Waals surface area (Å²) in [6, 6.07) is 0. The van der Waals surface area contributed by atoms with Crippen LogP contribution in [0, 0.1) is 6.92 Å². The molecule has 0 fully saturated rings. The highest BCUT2D eigenvalue weighted by atomic mass is 16.2. The van der Waals surface area contributed by atoms with Crippen LogP contribution in [0.5, 0.6) is 0 Å². The van der Waals surface area contributed by atoms with E-state index in [1.807, 2.05) is 18.4 Å². The van der Waals surface area contributed by atoms with Crippen molar-refractivity contribution < 1.29 is 0 Å². The van der Waals surface area contributed by atoms with E-state index in [0.29, 0.717) is 43.8 Å². The van der Waals surface area contributed by atoms with Crippen molar-refractivity contribution in [2.75, 3.05) is 6.54 Å². The van der Waals surface area contributed by atoms with Crippen LogP contribution in [-0.4, -0.2) is 25.2 Å². The lowest BCUT2D eigenvalue weighted by atomic mass is 10.3.